The molecule has 0 aliphatic heterocycles. The van der Waals surface area contributed by atoms with Crippen molar-refractivity contribution in [3.63, 3.8) is 0 Å². The molecular weight excluding hydrogens is 432 g/mol. The third-order valence-corrected chi connectivity index (χ3v) is 6.97. The standard InChI is InChI=1S/C27H32N2O5/c1-18(26(32)29(16-25(30)31)19-8-2-3-9-19)14-15-28-27(33)34-17-24-22-12-6-4-10-20(22)21-11-5-7-13-23(21)24/h4-7,10-13,18-19,24H,2-3,8-9,14-17H2,1H3,(H,28,33)(H,30,31). The second-order valence-corrected chi connectivity index (χ2v) is 9.24. The number of nitrogens with zero attached hydrogens (tertiary/aromatic N) is 1. The fraction of sp³-hybridized carbons (Fsp3) is 0.444. The van der Waals surface area contributed by atoms with Crippen LogP contribution in [-0.4, -0.2) is 53.7 Å². The van der Waals surface area contributed by atoms with Crippen LogP contribution in [0.15, 0.2) is 48.5 Å². The molecule has 0 spiro atoms. The molecule has 2 amide bonds. The molecule has 0 aromatic heterocycles. The first-order chi connectivity index (χ1) is 16.5. The number of alkyl carbamates (subject to hydrolysis) is 1. The molecule has 1 atom stereocenters. The van der Waals surface area contributed by atoms with Gasteiger partial charge < -0.3 is 20.1 Å². The van der Waals surface area contributed by atoms with E-state index < -0.39 is 12.1 Å². The SMILES string of the molecule is CC(CCNC(=O)OCC1c2ccccc2-c2ccccc21)C(=O)N(CC(=O)O)C1CCCC1. The van der Waals surface area contributed by atoms with Crippen LogP contribution in [-0.2, 0) is 14.3 Å². The van der Waals surface area contributed by atoms with Crippen molar-refractivity contribution in [2.45, 2.75) is 51.0 Å². The van der Waals surface area contributed by atoms with E-state index in [9.17, 15) is 19.5 Å². The van der Waals surface area contributed by atoms with Gasteiger partial charge in [0.1, 0.15) is 13.2 Å². The number of carbonyl (C=O) groups excluding carboxylic acids is 2. The van der Waals surface area contributed by atoms with Gasteiger partial charge in [-0.2, -0.15) is 0 Å². The number of carboxylic acids is 1. The summed E-state index contributed by atoms with van der Waals surface area (Å²) in [6.45, 7) is 2.04. The predicted octanol–water partition coefficient (Wildman–Crippen LogP) is 4.41. The molecular formula is C27H32N2O5. The summed E-state index contributed by atoms with van der Waals surface area (Å²) in [5, 5.41) is 12.0. The summed E-state index contributed by atoms with van der Waals surface area (Å²) in [5.74, 6) is -1.55. The van der Waals surface area contributed by atoms with Gasteiger partial charge in [-0.1, -0.05) is 68.3 Å². The Hall–Kier alpha value is -3.35. The van der Waals surface area contributed by atoms with Crippen LogP contribution >= 0.6 is 0 Å². The van der Waals surface area contributed by atoms with Gasteiger partial charge in [-0.25, -0.2) is 4.79 Å². The predicted molar refractivity (Wildman–Crippen MR) is 128 cm³/mol. The molecule has 180 valence electrons. The highest BCUT2D eigenvalue weighted by Crippen LogP contribution is 2.44. The lowest BCUT2D eigenvalue weighted by Crippen LogP contribution is -2.45. The number of carboxylic acid groups (broad SMARTS) is 1. The van der Waals surface area contributed by atoms with Gasteiger partial charge in [0.2, 0.25) is 5.91 Å². The van der Waals surface area contributed by atoms with Crippen LogP contribution in [0.1, 0.15) is 56.1 Å². The number of amides is 2. The van der Waals surface area contributed by atoms with E-state index in [1.807, 2.05) is 24.3 Å². The van der Waals surface area contributed by atoms with Gasteiger partial charge >= 0.3 is 12.1 Å². The monoisotopic (exact) mass is 464 g/mol. The molecule has 0 radical (unpaired) electrons. The smallest absolute Gasteiger partial charge is 0.407 e. The van der Waals surface area contributed by atoms with Crippen LogP contribution in [0.25, 0.3) is 11.1 Å². The number of rotatable bonds is 9. The van der Waals surface area contributed by atoms with Crippen LogP contribution in [0, 0.1) is 5.92 Å². The molecule has 34 heavy (non-hydrogen) atoms. The van der Waals surface area contributed by atoms with E-state index >= 15 is 0 Å². The number of nitrogens with one attached hydrogen (secondary N) is 1. The number of hydrogen-bond donors (Lipinski definition) is 2. The van der Waals surface area contributed by atoms with Gasteiger partial charge in [0, 0.05) is 24.4 Å². The molecule has 2 aliphatic rings. The number of benzene rings is 2. The maximum Gasteiger partial charge on any atom is 0.407 e. The lowest BCUT2D eigenvalue weighted by Gasteiger charge is -2.30. The first-order valence-electron chi connectivity index (χ1n) is 12.1. The van der Waals surface area contributed by atoms with Crippen molar-refractivity contribution in [2.24, 2.45) is 5.92 Å². The van der Waals surface area contributed by atoms with E-state index in [0.29, 0.717) is 6.42 Å². The summed E-state index contributed by atoms with van der Waals surface area (Å²) >= 11 is 0. The van der Waals surface area contributed by atoms with E-state index in [1.54, 1.807) is 6.92 Å². The topological polar surface area (TPSA) is 95.9 Å². The first kappa shape index (κ1) is 23.8. The summed E-state index contributed by atoms with van der Waals surface area (Å²) < 4.78 is 5.54. The Bertz CT molecular complexity index is 1000. The summed E-state index contributed by atoms with van der Waals surface area (Å²) in [5.41, 5.74) is 4.66. The maximum absolute atomic E-state index is 12.9. The minimum absolute atomic E-state index is 0.00106. The minimum atomic E-state index is -0.996. The average molecular weight is 465 g/mol. The molecule has 0 saturated heterocycles. The highest BCUT2D eigenvalue weighted by Gasteiger charge is 2.31. The average Bonchev–Trinajstić information content (AvgIpc) is 3.47. The number of fused-ring (bicyclic) bond motifs is 3. The Balaban J connectivity index is 1.27. The van der Waals surface area contributed by atoms with Crippen LogP contribution < -0.4 is 5.32 Å². The number of aliphatic carboxylic acids is 1. The molecule has 1 unspecified atom stereocenters. The molecule has 4 rings (SSSR count). The number of carbonyl (C=O) groups is 3. The van der Waals surface area contributed by atoms with E-state index in [0.717, 1.165) is 36.8 Å². The Kier molecular flexibility index (Phi) is 7.50. The number of ether oxygens (including phenoxy) is 1. The highest BCUT2D eigenvalue weighted by molar-refractivity contribution is 5.83. The largest absolute Gasteiger partial charge is 0.480 e. The zero-order valence-electron chi connectivity index (χ0n) is 19.5. The lowest BCUT2D eigenvalue weighted by molar-refractivity contribution is -0.148. The fourth-order valence-electron chi connectivity index (χ4n) is 5.20. The van der Waals surface area contributed by atoms with E-state index in [-0.39, 0.29) is 43.5 Å². The molecule has 2 N–H and O–H groups in total. The van der Waals surface area contributed by atoms with Crippen molar-refractivity contribution in [1.29, 1.82) is 0 Å². The molecule has 7 nitrogen and oxygen atoms in total. The van der Waals surface area contributed by atoms with Crippen LogP contribution in [0.3, 0.4) is 0 Å². The molecule has 0 heterocycles. The maximum atomic E-state index is 12.9. The van der Waals surface area contributed by atoms with Crippen LogP contribution in [0.5, 0.6) is 0 Å². The Morgan fingerprint density at radius 3 is 2.21 bits per heavy atom. The number of hydrogen-bond acceptors (Lipinski definition) is 4. The van der Waals surface area contributed by atoms with Gasteiger partial charge in [0.05, 0.1) is 0 Å². The molecule has 7 heteroatoms. The quantitative estimate of drug-likeness (QED) is 0.573. The second-order valence-electron chi connectivity index (χ2n) is 9.24. The van der Waals surface area contributed by atoms with Gasteiger partial charge in [-0.3, -0.25) is 9.59 Å². The molecule has 2 aliphatic carbocycles. The molecule has 1 saturated carbocycles. The van der Waals surface area contributed by atoms with E-state index in [1.165, 1.54) is 16.0 Å². The van der Waals surface area contributed by atoms with Crippen molar-refractivity contribution in [3.8, 4) is 11.1 Å². The molecule has 1 fully saturated rings. The molecule has 2 aromatic carbocycles. The third kappa shape index (κ3) is 5.24. The van der Waals surface area contributed by atoms with Crippen molar-refractivity contribution in [3.05, 3.63) is 59.7 Å². The van der Waals surface area contributed by atoms with Gasteiger partial charge in [-0.05, 0) is 41.5 Å². The van der Waals surface area contributed by atoms with Crippen molar-refractivity contribution in [2.75, 3.05) is 19.7 Å². The summed E-state index contributed by atoms with van der Waals surface area (Å²) in [6.07, 6.45) is 3.65. The van der Waals surface area contributed by atoms with Crippen molar-refractivity contribution in [1.82, 2.24) is 10.2 Å². The molecule has 0 bridgehead atoms. The summed E-state index contributed by atoms with van der Waals surface area (Å²) in [7, 11) is 0. The third-order valence-electron chi connectivity index (χ3n) is 6.97. The normalized spacial score (nSPS) is 15.9. The Labute approximate surface area is 200 Å². The minimum Gasteiger partial charge on any atom is -0.480 e. The molecule has 2 aromatic rings. The highest BCUT2D eigenvalue weighted by atomic mass is 16.5. The lowest BCUT2D eigenvalue weighted by atomic mass is 9.98. The zero-order valence-corrected chi connectivity index (χ0v) is 19.5. The van der Waals surface area contributed by atoms with Gasteiger partial charge in [-0.15, -0.1) is 0 Å². The van der Waals surface area contributed by atoms with Crippen LogP contribution in [0.4, 0.5) is 4.79 Å². The van der Waals surface area contributed by atoms with Gasteiger partial charge in [0.25, 0.3) is 0 Å². The zero-order chi connectivity index (χ0) is 24.1. The van der Waals surface area contributed by atoms with Crippen LogP contribution in [0.2, 0.25) is 0 Å². The fourth-order valence-corrected chi connectivity index (χ4v) is 5.20. The Morgan fingerprint density at radius 1 is 1.03 bits per heavy atom. The first-order valence-corrected chi connectivity index (χ1v) is 12.1. The second kappa shape index (κ2) is 10.7. The van der Waals surface area contributed by atoms with Gasteiger partial charge in [0.15, 0.2) is 0 Å². The van der Waals surface area contributed by atoms with E-state index in [2.05, 4.69) is 29.6 Å². The van der Waals surface area contributed by atoms with Crippen molar-refractivity contribution < 1.29 is 24.2 Å². The summed E-state index contributed by atoms with van der Waals surface area (Å²) in [4.78, 5) is 38.0. The van der Waals surface area contributed by atoms with Crippen molar-refractivity contribution >= 4 is 18.0 Å². The van der Waals surface area contributed by atoms with E-state index in [4.69, 9.17) is 4.74 Å². The Morgan fingerprint density at radius 2 is 1.62 bits per heavy atom. The summed E-state index contributed by atoms with van der Waals surface area (Å²) in [6, 6.07) is 16.3.